The first-order valence-corrected chi connectivity index (χ1v) is 9.12. The molecule has 7 atom stereocenters. The molecule has 0 saturated heterocycles. The van der Waals surface area contributed by atoms with Gasteiger partial charge >= 0.3 is 0 Å². The molecule has 21 heavy (non-hydrogen) atoms. The Morgan fingerprint density at radius 2 is 1.86 bits per heavy atom. The maximum atomic E-state index is 12.1. The highest BCUT2D eigenvalue weighted by atomic mass is 16.3. The molecule has 1 N–H and O–H groups in total. The number of rotatable bonds is 0. The summed E-state index contributed by atoms with van der Waals surface area (Å²) in [7, 11) is 0. The molecule has 0 amide bonds. The van der Waals surface area contributed by atoms with Crippen molar-refractivity contribution in [1.29, 1.82) is 0 Å². The Bertz CT molecular complexity index is 458. The standard InChI is InChI=1S/C19H30O2/c1-18-7-6-16-15(17(18)10-14(21)11-18)4-3-12-9-13(20)5-8-19(12,16)2/h12-13,15-17,20H,3-11H2,1-2H3/t12-,13-,15-,16+,17-,18-,19+/m1/s1. The Balaban J connectivity index is 1.63. The number of carbonyl (C=O) groups is 1. The van der Waals surface area contributed by atoms with Crippen LogP contribution in [0.1, 0.15) is 71.6 Å². The van der Waals surface area contributed by atoms with Gasteiger partial charge in [0.1, 0.15) is 5.78 Å². The number of fused-ring (bicyclic) bond motifs is 5. The van der Waals surface area contributed by atoms with Crippen LogP contribution in [0.15, 0.2) is 0 Å². The molecule has 4 aliphatic rings. The zero-order valence-corrected chi connectivity index (χ0v) is 13.6. The Kier molecular flexibility index (Phi) is 3.10. The first-order chi connectivity index (χ1) is 9.92. The highest BCUT2D eigenvalue weighted by Crippen LogP contribution is 2.65. The molecular weight excluding hydrogens is 260 g/mol. The maximum absolute atomic E-state index is 12.1. The van der Waals surface area contributed by atoms with Gasteiger partial charge in [-0.25, -0.2) is 0 Å². The maximum Gasteiger partial charge on any atom is 0.133 e. The van der Waals surface area contributed by atoms with E-state index in [1.807, 2.05) is 0 Å². The molecule has 0 aromatic carbocycles. The van der Waals surface area contributed by atoms with Crippen LogP contribution in [0, 0.1) is 34.5 Å². The molecule has 2 nitrogen and oxygen atoms in total. The number of aliphatic hydroxyl groups is 1. The normalized spacial score (nSPS) is 56.5. The number of hydrogen-bond acceptors (Lipinski definition) is 2. The Morgan fingerprint density at radius 1 is 1.05 bits per heavy atom. The molecule has 0 aromatic rings. The van der Waals surface area contributed by atoms with Crippen molar-refractivity contribution in [3.05, 3.63) is 0 Å². The summed E-state index contributed by atoms with van der Waals surface area (Å²) in [5.41, 5.74) is 0.755. The van der Waals surface area contributed by atoms with E-state index < -0.39 is 0 Å². The van der Waals surface area contributed by atoms with E-state index in [2.05, 4.69) is 13.8 Å². The molecule has 0 unspecified atom stereocenters. The van der Waals surface area contributed by atoms with Gasteiger partial charge in [-0.1, -0.05) is 13.8 Å². The second kappa shape index (κ2) is 4.57. The molecular formula is C19H30O2. The summed E-state index contributed by atoms with van der Waals surface area (Å²) in [6.07, 6.45) is 10.1. The van der Waals surface area contributed by atoms with Crippen molar-refractivity contribution < 1.29 is 9.90 Å². The number of carbonyl (C=O) groups excluding carboxylic acids is 1. The molecule has 4 saturated carbocycles. The summed E-state index contributed by atoms with van der Waals surface area (Å²) in [5, 5.41) is 10.0. The average Bonchev–Trinajstić information content (AvgIpc) is 2.74. The molecule has 0 aliphatic heterocycles. The highest BCUT2D eigenvalue weighted by Gasteiger charge is 2.59. The third-order valence-electron chi connectivity index (χ3n) is 8.20. The lowest BCUT2D eigenvalue weighted by Gasteiger charge is -2.60. The van der Waals surface area contributed by atoms with Crippen LogP contribution in [-0.2, 0) is 4.79 Å². The largest absolute Gasteiger partial charge is 0.393 e. The number of ketones is 1. The third kappa shape index (κ3) is 1.97. The summed E-state index contributed by atoms with van der Waals surface area (Å²) in [6, 6.07) is 0. The second-order valence-electron chi connectivity index (χ2n) is 9.20. The van der Waals surface area contributed by atoms with Gasteiger partial charge < -0.3 is 5.11 Å². The van der Waals surface area contributed by atoms with E-state index in [0.29, 0.717) is 22.5 Å². The Hall–Kier alpha value is -0.370. The first-order valence-electron chi connectivity index (χ1n) is 9.12. The summed E-state index contributed by atoms with van der Waals surface area (Å²) in [6.45, 7) is 4.90. The van der Waals surface area contributed by atoms with Gasteiger partial charge in [-0.15, -0.1) is 0 Å². The van der Waals surface area contributed by atoms with Crippen molar-refractivity contribution in [2.45, 2.75) is 77.7 Å². The molecule has 0 radical (unpaired) electrons. The smallest absolute Gasteiger partial charge is 0.133 e. The molecule has 4 aliphatic carbocycles. The molecule has 118 valence electrons. The lowest BCUT2D eigenvalue weighted by Crippen LogP contribution is -2.53. The summed E-state index contributed by atoms with van der Waals surface area (Å²) >= 11 is 0. The van der Waals surface area contributed by atoms with Crippen LogP contribution in [0.25, 0.3) is 0 Å². The van der Waals surface area contributed by atoms with Crippen LogP contribution in [0.5, 0.6) is 0 Å². The van der Waals surface area contributed by atoms with Crippen molar-refractivity contribution in [2.24, 2.45) is 34.5 Å². The van der Waals surface area contributed by atoms with E-state index in [1.54, 1.807) is 0 Å². The minimum absolute atomic E-state index is 0.0541. The fraction of sp³-hybridized carbons (Fsp3) is 0.947. The summed E-state index contributed by atoms with van der Waals surface area (Å²) < 4.78 is 0. The Labute approximate surface area is 128 Å². The van der Waals surface area contributed by atoms with Crippen LogP contribution < -0.4 is 0 Å². The van der Waals surface area contributed by atoms with Crippen molar-refractivity contribution in [3.63, 3.8) is 0 Å². The van der Waals surface area contributed by atoms with Gasteiger partial charge in [0.05, 0.1) is 6.10 Å². The van der Waals surface area contributed by atoms with Gasteiger partial charge in [0.25, 0.3) is 0 Å². The van der Waals surface area contributed by atoms with E-state index >= 15 is 0 Å². The number of aliphatic hydroxyl groups excluding tert-OH is 1. The highest BCUT2D eigenvalue weighted by molar-refractivity contribution is 5.82. The summed E-state index contributed by atoms with van der Waals surface area (Å²) in [4.78, 5) is 12.1. The van der Waals surface area contributed by atoms with Gasteiger partial charge in [-0.3, -0.25) is 4.79 Å². The molecule has 0 bridgehead atoms. The zero-order chi connectivity index (χ0) is 14.8. The van der Waals surface area contributed by atoms with Gasteiger partial charge in [0.2, 0.25) is 0 Å². The Morgan fingerprint density at radius 3 is 2.67 bits per heavy atom. The van der Waals surface area contributed by atoms with E-state index in [4.69, 9.17) is 0 Å². The number of hydrogen-bond donors (Lipinski definition) is 1. The van der Waals surface area contributed by atoms with Gasteiger partial charge in [-0.2, -0.15) is 0 Å². The van der Waals surface area contributed by atoms with Gasteiger partial charge in [0, 0.05) is 12.8 Å². The van der Waals surface area contributed by atoms with Gasteiger partial charge in [-0.05, 0) is 79.4 Å². The molecule has 2 heteroatoms. The predicted octanol–water partition coefficient (Wildman–Crippen LogP) is 3.96. The fourth-order valence-corrected chi connectivity index (χ4v) is 7.01. The average molecular weight is 290 g/mol. The van der Waals surface area contributed by atoms with E-state index in [-0.39, 0.29) is 6.10 Å². The van der Waals surface area contributed by atoms with Crippen molar-refractivity contribution in [1.82, 2.24) is 0 Å². The zero-order valence-electron chi connectivity index (χ0n) is 13.6. The van der Waals surface area contributed by atoms with Gasteiger partial charge in [0.15, 0.2) is 0 Å². The molecule has 0 aromatic heterocycles. The minimum atomic E-state index is -0.0541. The molecule has 4 rings (SSSR count). The van der Waals surface area contributed by atoms with Crippen LogP contribution in [0.4, 0.5) is 0 Å². The molecule has 0 spiro atoms. The fourth-order valence-electron chi connectivity index (χ4n) is 7.01. The number of Topliss-reactive ketones (excluding diaryl/α,β-unsaturated/α-hetero) is 1. The molecule has 0 heterocycles. The quantitative estimate of drug-likeness (QED) is 0.733. The minimum Gasteiger partial charge on any atom is -0.393 e. The van der Waals surface area contributed by atoms with Crippen molar-refractivity contribution >= 4 is 5.78 Å². The van der Waals surface area contributed by atoms with E-state index in [9.17, 15) is 9.90 Å². The monoisotopic (exact) mass is 290 g/mol. The summed E-state index contributed by atoms with van der Waals surface area (Å²) in [5.74, 6) is 3.51. The molecule has 4 fully saturated rings. The second-order valence-corrected chi connectivity index (χ2v) is 9.20. The van der Waals surface area contributed by atoms with Crippen molar-refractivity contribution in [3.8, 4) is 0 Å². The SMILES string of the molecule is C[C@]12CC[C@H]3[C@@H](CC[C@@H]4C[C@H](O)CC[C@@]43C)[C@H]1CC(=O)C2. The lowest BCUT2D eigenvalue weighted by atomic mass is 9.45. The van der Waals surface area contributed by atoms with E-state index in [0.717, 1.165) is 43.4 Å². The van der Waals surface area contributed by atoms with Crippen LogP contribution in [-0.4, -0.2) is 17.0 Å². The van der Waals surface area contributed by atoms with Crippen LogP contribution >= 0.6 is 0 Å². The third-order valence-corrected chi connectivity index (χ3v) is 8.20. The van der Waals surface area contributed by atoms with Crippen LogP contribution in [0.3, 0.4) is 0 Å². The van der Waals surface area contributed by atoms with E-state index in [1.165, 1.54) is 32.1 Å². The first kappa shape index (κ1) is 14.2. The predicted molar refractivity (Wildman–Crippen MR) is 82.7 cm³/mol. The topological polar surface area (TPSA) is 37.3 Å². The van der Waals surface area contributed by atoms with Crippen LogP contribution in [0.2, 0.25) is 0 Å². The lowest BCUT2D eigenvalue weighted by molar-refractivity contribution is -0.121. The van der Waals surface area contributed by atoms with Crippen molar-refractivity contribution in [2.75, 3.05) is 0 Å².